The van der Waals surface area contributed by atoms with Gasteiger partial charge in [0.25, 0.3) is 5.79 Å². The fourth-order valence-corrected chi connectivity index (χ4v) is 4.48. The molecule has 3 N–H and O–H groups in total. The van der Waals surface area contributed by atoms with E-state index < -0.39 is 5.79 Å². The number of benzene rings is 1. The average Bonchev–Trinajstić information content (AvgIpc) is 3.20. The lowest BCUT2D eigenvalue weighted by Gasteiger charge is -2.31. The van der Waals surface area contributed by atoms with Crippen molar-refractivity contribution in [3.63, 3.8) is 0 Å². The monoisotopic (exact) mass is 401 g/mol. The molecule has 1 aliphatic carbocycles. The van der Waals surface area contributed by atoms with E-state index in [1.807, 2.05) is 25.1 Å². The molecule has 0 aromatic heterocycles. The number of anilines is 1. The number of nitrogens with one attached hydrogen (secondary N) is 3. The van der Waals surface area contributed by atoms with Gasteiger partial charge in [0, 0.05) is 37.1 Å². The molecule has 1 aromatic carbocycles. The molecule has 29 heavy (non-hydrogen) atoms. The summed E-state index contributed by atoms with van der Waals surface area (Å²) in [5.41, 5.74) is 0.749. The molecule has 4 rings (SSSR count). The van der Waals surface area contributed by atoms with Crippen LogP contribution in [-0.2, 0) is 4.79 Å². The topological polar surface area (TPSA) is 88.7 Å². The van der Waals surface area contributed by atoms with E-state index in [0.717, 1.165) is 68.6 Å². The lowest BCUT2D eigenvalue weighted by atomic mass is 9.94. The molecule has 2 fully saturated rings. The van der Waals surface area contributed by atoms with Crippen LogP contribution in [0.4, 0.5) is 10.5 Å². The third kappa shape index (κ3) is 4.77. The van der Waals surface area contributed by atoms with Gasteiger partial charge in [-0.3, -0.25) is 4.79 Å². The minimum atomic E-state index is -0.491. The molecule has 158 valence electrons. The molecule has 1 spiro atoms. The Bertz CT molecular complexity index is 760. The van der Waals surface area contributed by atoms with E-state index >= 15 is 0 Å². The number of fused-ring (bicyclic) bond motifs is 1. The maximum absolute atomic E-state index is 12.3. The van der Waals surface area contributed by atoms with Crippen LogP contribution in [0, 0.1) is 0 Å². The van der Waals surface area contributed by atoms with Crippen molar-refractivity contribution >= 4 is 17.6 Å². The molecular formula is C22H31N3O4. The number of urea groups is 1. The predicted molar refractivity (Wildman–Crippen MR) is 110 cm³/mol. The van der Waals surface area contributed by atoms with Crippen molar-refractivity contribution in [3.05, 3.63) is 18.2 Å². The molecule has 3 aliphatic rings. The van der Waals surface area contributed by atoms with Gasteiger partial charge >= 0.3 is 6.03 Å². The van der Waals surface area contributed by atoms with Crippen LogP contribution in [0.5, 0.6) is 11.5 Å². The quantitative estimate of drug-likeness (QED) is 0.601. The number of hydrogen-bond donors (Lipinski definition) is 3. The Morgan fingerprint density at radius 1 is 1.10 bits per heavy atom. The van der Waals surface area contributed by atoms with E-state index in [0.29, 0.717) is 6.42 Å². The molecule has 3 amide bonds. The van der Waals surface area contributed by atoms with Crippen molar-refractivity contribution < 1.29 is 19.1 Å². The first-order chi connectivity index (χ1) is 14.0. The van der Waals surface area contributed by atoms with Crippen molar-refractivity contribution in [2.75, 3.05) is 5.32 Å². The summed E-state index contributed by atoms with van der Waals surface area (Å²) in [6.07, 6.45) is 9.55. The van der Waals surface area contributed by atoms with Crippen LogP contribution in [0.15, 0.2) is 18.2 Å². The van der Waals surface area contributed by atoms with E-state index in [1.165, 1.54) is 6.42 Å². The van der Waals surface area contributed by atoms with Crippen molar-refractivity contribution in [1.29, 1.82) is 0 Å². The van der Waals surface area contributed by atoms with E-state index in [1.54, 1.807) is 0 Å². The van der Waals surface area contributed by atoms with E-state index in [4.69, 9.17) is 9.47 Å². The zero-order valence-corrected chi connectivity index (χ0v) is 17.1. The van der Waals surface area contributed by atoms with Gasteiger partial charge < -0.3 is 25.4 Å². The van der Waals surface area contributed by atoms with Crippen LogP contribution in [0.25, 0.3) is 0 Å². The van der Waals surface area contributed by atoms with Gasteiger partial charge in [-0.1, -0.05) is 19.3 Å². The van der Waals surface area contributed by atoms with Crippen molar-refractivity contribution in [2.45, 2.75) is 89.0 Å². The fraction of sp³-hybridized carbons (Fsp3) is 0.636. The summed E-state index contributed by atoms with van der Waals surface area (Å²) in [6, 6.07) is 5.91. The fourth-order valence-electron chi connectivity index (χ4n) is 4.48. The Balaban J connectivity index is 1.18. The number of ether oxygens (including phenoxy) is 2. The highest BCUT2D eigenvalue weighted by Crippen LogP contribution is 2.46. The van der Waals surface area contributed by atoms with Crippen LogP contribution in [0.3, 0.4) is 0 Å². The Morgan fingerprint density at radius 2 is 1.90 bits per heavy atom. The van der Waals surface area contributed by atoms with Crippen LogP contribution < -0.4 is 25.4 Å². The first kappa shape index (κ1) is 19.9. The minimum Gasteiger partial charge on any atom is -0.448 e. The van der Waals surface area contributed by atoms with Crippen molar-refractivity contribution in [2.24, 2.45) is 0 Å². The Morgan fingerprint density at radius 3 is 2.66 bits per heavy atom. The number of unbranched alkanes of at least 4 members (excludes halogenated alkanes) is 2. The molecule has 1 saturated heterocycles. The van der Waals surface area contributed by atoms with Gasteiger partial charge in [0.05, 0.1) is 6.04 Å². The molecule has 2 heterocycles. The summed E-state index contributed by atoms with van der Waals surface area (Å²) >= 11 is 0. The predicted octanol–water partition coefficient (Wildman–Crippen LogP) is 4.08. The van der Waals surface area contributed by atoms with Crippen LogP contribution in [-0.4, -0.2) is 29.8 Å². The zero-order chi connectivity index (χ0) is 20.3. The summed E-state index contributed by atoms with van der Waals surface area (Å²) in [5.74, 6) is 1.02. The molecule has 0 bridgehead atoms. The van der Waals surface area contributed by atoms with Gasteiger partial charge in [0.15, 0.2) is 11.5 Å². The highest BCUT2D eigenvalue weighted by Gasteiger charge is 2.42. The average molecular weight is 402 g/mol. The molecule has 7 nitrogen and oxygen atoms in total. The molecule has 2 atom stereocenters. The normalized spacial score (nSPS) is 24.2. The second-order valence-corrected chi connectivity index (χ2v) is 8.50. The number of carbonyl (C=O) groups excluding carboxylic acids is 2. The smallest absolute Gasteiger partial charge is 0.315 e. The summed E-state index contributed by atoms with van der Waals surface area (Å²) in [7, 11) is 0. The van der Waals surface area contributed by atoms with Crippen molar-refractivity contribution in [1.82, 2.24) is 10.6 Å². The summed E-state index contributed by atoms with van der Waals surface area (Å²) in [5, 5.41) is 8.75. The number of carbonyl (C=O) groups is 2. The van der Waals surface area contributed by atoms with E-state index in [9.17, 15) is 9.59 Å². The van der Waals surface area contributed by atoms with Crippen molar-refractivity contribution in [3.8, 4) is 11.5 Å². The highest BCUT2D eigenvalue weighted by atomic mass is 16.7. The van der Waals surface area contributed by atoms with Crippen LogP contribution in [0.1, 0.15) is 71.1 Å². The molecule has 2 unspecified atom stereocenters. The zero-order valence-electron chi connectivity index (χ0n) is 17.1. The Labute approximate surface area is 171 Å². The maximum Gasteiger partial charge on any atom is 0.315 e. The minimum absolute atomic E-state index is 0.0143. The third-order valence-electron chi connectivity index (χ3n) is 6.13. The van der Waals surface area contributed by atoms with Crippen LogP contribution >= 0.6 is 0 Å². The molecule has 1 aromatic rings. The third-order valence-corrected chi connectivity index (χ3v) is 6.13. The highest BCUT2D eigenvalue weighted by molar-refractivity contribution is 5.91. The van der Waals surface area contributed by atoms with E-state index in [-0.39, 0.29) is 24.0 Å². The summed E-state index contributed by atoms with van der Waals surface area (Å²) in [6.45, 7) is 2.01. The van der Waals surface area contributed by atoms with Gasteiger partial charge in [0.1, 0.15) is 0 Å². The number of rotatable bonds is 7. The molecule has 7 heteroatoms. The van der Waals surface area contributed by atoms with Gasteiger partial charge in [-0.15, -0.1) is 0 Å². The Hall–Kier alpha value is -2.44. The largest absolute Gasteiger partial charge is 0.448 e. The number of amides is 3. The van der Waals surface area contributed by atoms with Gasteiger partial charge in [-0.05, 0) is 44.7 Å². The SMILES string of the molecule is CC1NC(=O)NC1CCCCCC(=O)Nc1ccc2c(c1)OC1(CCCCC1)O2. The van der Waals surface area contributed by atoms with Gasteiger partial charge in [-0.2, -0.15) is 0 Å². The maximum atomic E-state index is 12.3. The van der Waals surface area contributed by atoms with Gasteiger partial charge in [-0.25, -0.2) is 4.79 Å². The standard InChI is InChI=1S/C22H31N3O4/c1-15-17(25-21(27)23-15)8-4-2-5-9-20(26)24-16-10-11-18-19(14-16)29-22(28-18)12-6-3-7-13-22/h10-11,14-15,17H,2-9,12-13H2,1H3,(H,24,26)(H2,23,25,27). The lowest BCUT2D eigenvalue weighted by molar-refractivity contribution is -0.116. The lowest BCUT2D eigenvalue weighted by Crippen LogP contribution is -2.40. The summed E-state index contributed by atoms with van der Waals surface area (Å²) < 4.78 is 12.2. The molecule has 2 aliphatic heterocycles. The van der Waals surface area contributed by atoms with E-state index in [2.05, 4.69) is 16.0 Å². The first-order valence-electron chi connectivity index (χ1n) is 10.9. The molecular weight excluding hydrogens is 370 g/mol. The summed E-state index contributed by atoms with van der Waals surface area (Å²) in [4.78, 5) is 23.6. The van der Waals surface area contributed by atoms with Gasteiger partial charge in [0.2, 0.25) is 5.91 Å². The second-order valence-electron chi connectivity index (χ2n) is 8.50. The molecule has 1 saturated carbocycles. The van der Waals surface area contributed by atoms with Crippen LogP contribution in [0.2, 0.25) is 0 Å². The second kappa shape index (κ2) is 8.51. The molecule has 0 radical (unpaired) electrons. The number of hydrogen-bond acceptors (Lipinski definition) is 4. The first-order valence-corrected chi connectivity index (χ1v) is 10.9. The Kier molecular flexibility index (Phi) is 5.83.